The van der Waals surface area contributed by atoms with Crippen LogP contribution in [0.3, 0.4) is 0 Å². The highest BCUT2D eigenvalue weighted by atomic mass is 16.4. The normalized spacial score (nSPS) is 9.15. The molecule has 0 aliphatic rings. The number of hydrogen-bond donors (Lipinski definition) is 3. The number of nitriles is 1. The first-order chi connectivity index (χ1) is 6.06. The van der Waals surface area contributed by atoms with Crippen LogP contribution in [-0.2, 0) is 0 Å². The van der Waals surface area contributed by atoms with Crippen molar-refractivity contribution < 1.29 is 9.90 Å². The molecule has 0 spiro atoms. The number of nitrogens with two attached hydrogens (primary N) is 2. The molecule has 0 aliphatic heterocycles. The molecule has 0 atom stereocenters. The Hall–Kier alpha value is -2.22. The topological polar surface area (TPSA) is 113 Å². The molecule has 0 aliphatic carbocycles. The second kappa shape index (κ2) is 3.03. The molecule has 0 saturated carbocycles. The van der Waals surface area contributed by atoms with Crippen LogP contribution in [0, 0.1) is 11.3 Å². The summed E-state index contributed by atoms with van der Waals surface area (Å²) in [4.78, 5) is 10.6. The third kappa shape index (κ3) is 1.51. The van der Waals surface area contributed by atoms with Gasteiger partial charge in [0.15, 0.2) is 0 Å². The summed E-state index contributed by atoms with van der Waals surface area (Å²) < 4.78 is 0. The lowest BCUT2D eigenvalue weighted by Gasteiger charge is -2.03. The zero-order valence-corrected chi connectivity index (χ0v) is 6.61. The molecule has 5 nitrogen and oxygen atoms in total. The molecule has 0 bridgehead atoms. The second-order valence-electron chi connectivity index (χ2n) is 2.45. The molecule has 0 aromatic heterocycles. The highest BCUT2D eigenvalue weighted by molar-refractivity contribution is 5.97. The summed E-state index contributed by atoms with van der Waals surface area (Å²) in [6.45, 7) is 0. The minimum Gasteiger partial charge on any atom is -0.478 e. The maximum atomic E-state index is 10.6. The molecule has 0 unspecified atom stereocenters. The van der Waals surface area contributed by atoms with Gasteiger partial charge in [-0.3, -0.25) is 0 Å². The second-order valence-corrected chi connectivity index (χ2v) is 2.45. The van der Waals surface area contributed by atoms with Crippen molar-refractivity contribution in [2.45, 2.75) is 0 Å². The predicted molar refractivity (Wildman–Crippen MR) is 46.9 cm³/mol. The van der Waals surface area contributed by atoms with E-state index in [1.165, 1.54) is 12.1 Å². The van der Waals surface area contributed by atoms with Gasteiger partial charge in [0.25, 0.3) is 0 Å². The first-order valence-electron chi connectivity index (χ1n) is 3.38. The number of nitrogen functional groups attached to an aromatic ring is 2. The monoisotopic (exact) mass is 177 g/mol. The van der Waals surface area contributed by atoms with E-state index in [1.54, 1.807) is 6.07 Å². The molecule has 0 saturated heterocycles. The molecule has 1 aromatic rings. The molecule has 5 N–H and O–H groups in total. The van der Waals surface area contributed by atoms with Crippen LogP contribution < -0.4 is 11.5 Å². The average Bonchev–Trinajstić information content (AvgIpc) is 2.01. The third-order valence-corrected chi connectivity index (χ3v) is 1.53. The lowest BCUT2D eigenvalue weighted by molar-refractivity contribution is 0.0698. The molecule has 66 valence electrons. The molecular weight excluding hydrogens is 170 g/mol. The average molecular weight is 177 g/mol. The lowest BCUT2D eigenvalue weighted by atomic mass is 10.1. The van der Waals surface area contributed by atoms with Crippen molar-refractivity contribution in [1.29, 1.82) is 5.26 Å². The van der Waals surface area contributed by atoms with Gasteiger partial charge >= 0.3 is 5.97 Å². The number of carboxylic acids is 1. The molecule has 0 fully saturated rings. The van der Waals surface area contributed by atoms with Crippen LogP contribution >= 0.6 is 0 Å². The van der Waals surface area contributed by atoms with Gasteiger partial charge in [0.1, 0.15) is 11.6 Å². The Morgan fingerprint density at radius 1 is 1.46 bits per heavy atom. The zero-order valence-electron chi connectivity index (χ0n) is 6.61. The Kier molecular flexibility index (Phi) is 2.07. The van der Waals surface area contributed by atoms with Crippen molar-refractivity contribution >= 4 is 17.3 Å². The van der Waals surface area contributed by atoms with Crippen LogP contribution in [0.4, 0.5) is 11.4 Å². The number of nitrogens with zero attached hydrogens (tertiary/aromatic N) is 1. The first-order valence-corrected chi connectivity index (χ1v) is 3.38. The van der Waals surface area contributed by atoms with E-state index in [0.717, 1.165) is 0 Å². The predicted octanol–water partition coefficient (Wildman–Crippen LogP) is 0.421. The fourth-order valence-corrected chi connectivity index (χ4v) is 1.01. The molecule has 1 aromatic carbocycles. The standard InChI is InChI=1S/C8H7N3O2/c9-3-4-1-5(10)2-6(11)7(4)8(12)13/h1-2H,10-11H2,(H,12,13). The highest BCUT2D eigenvalue weighted by Crippen LogP contribution is 2.20. The van der Waals surface area contributed by atoms with Crippen molar-refractivity contribution in [2.75, 3.05) is 11.5 Å². The van der Waals surface area contributed by atoms with E-state index >= 15 is 0 Å². The van der Waals surface area contributed by atoms with E-state index in [1.807, 2.05) is 0 Å². The number of hydrogen-bond acceptors (Lipinski definition) is 4. The third-order valence-electron chi connectivity index (χ3n) is 1.53. The molecule has 0 radical (unpaired) electrons. The number of anilines is 2. The van der Waals surface area contributed by atoms with E-state index in [9.17, 15) is 4.79 Å². The van der Waals surface area contributed by atoms with Crippen molar-refractivity contribution in [2.24, 2.45) is 0 Å². The van der Waals surface area contributed by atoms with Crippen LogP contribution in [-0.4, -0.2) is 11.1 Å². The molecule has 0 heterocycles. The van der Waals surface area contributed by atoms with Gasteiger partial charge in [0.05, 0.1) is 5.56 Å². The van der Waals surface area contributed by atoms with Crippen LogP contribution in [0.25, 0.3) is 0 Å². The van der Waals surface area contributed by atoms with Crippen molar-refractivity contribution in [3.63, 3.8) is 0 Å². The number of aromatic carboxylic acids is 1. The summed E-state index contributed by atoms with van der Waals surface area (Å²) in [7, 11) is 0. The fourth-order valence-electron chi connectivity index (χ4n) is 1.01. The molecule has 13 heavy (non-hydrogen) atoms. The minimum atomic E-state index is -1.23. The Bertz CT molecular complexity index is 407. The Labute approximate surface area is 74.2 Å². The maximum Gasteiger partial charge on any atom is 0.339 e. The van der Waals surface area contributed by atoms with E-state index in [0.29, 0.717) is 0 Å². The summed E-state index contributed by atoms with van der Waals surface area (Å²) in [5.41, 5.74) is 10.8. The zero-order chi connectivity index (χ0) is 10.0. The summed E-state index contributed by atoms with van der Waals surface area (Å²) in [5.74, 6) is -1.23. The van der Waals surface area contributed by atoms with Gasteiger partial charge in [-0.15, -0.1) is 0 Å². The molecular formula is C8H7N3O2. The van der Waals surface area contributed by atoms with Crippen LogP contribution in [0.2, 0.25) is 0 Å². The largest absolute Gasteiger partial charge is 0.478 e. The van der Waals surface area contributed by atoms with Gasteiger partial charge in [0, 0.05) is 11.4 Å². The Balaban J connectivity index is 3.50. The van der Waals surface area contributed by atoms with Crippen LogP contribution in [0.5, 0.6) is 0 Å². The SMILES string of the molecule is N#Cc1cc(N)cc(N)c1C(=O)O. The van der Waals surface area contributed by atoms with Crippen LogP contribution in [0.15, 0.2) is 12.1 Å². The maximum absolute atomic E-state index is 10.6. The minimum absolute atomic E-state index is 0.00375. The Morgan fingerprint density at radius 3 is 2.54 bits per heavy atom. The van der Waals surface area contributed by atoms with Crippen molar-refractivity contribution in [3.05, 3.63) is 23.3 Å². The highest BCUT2D eigenvalue weighted by Gasteiger charge is 2.14. The molecule has 5 heteroatoms. The van der Waals surface area contributed by atoms with E-state index in [4.69, 9.17) is 21.8 Å². The summed E-state index contributed by atoms with van der Waals surface area (Å²) in [6.07, 6.45) is 0. The number of rotatable bonds is 1. The van der Waals surface area contributed by atoms with E-state index in [-0.39, 0.29) is 22.5 Å². The summed E-state index contributed by atoms with van der Waals surface area (Å²) in [5, 5.41) is 17.3. The van der Waals surface area contributed by atoms with Crippen LogP contribution in [0.1, 0.15) is 15.9 Å². The van der Waals surface area contributed by atoms with Gasteiger partial charge in [0.2, 0.25) is 0 Å². The number of carbonyl (C=O) groups is 1. The van der Waals surface area contributed by atoms with Gasteiger partial charge in [-0.05, 0) is 12.1 Å². The van der Waals surface area contributed by atoms with Crippen molar-refractivity contribution in [1.82, 2.24) is 0 Å². The molecule has 1 rings (SSSR count). The van der Waals surface area contributed by atoms with Gasteiger partial charge < -0.3 is 16.6 Å². The fraction of sp³-hybridized carbons (Fsp3) is 0. The number of carboxylic acid groups (broad SMARTS) is 1. The summed E-state index contributed by atoms with van der Waals surface area (Å²) in [6, 6.07) is 4.31. The van der Waals surface area contributed by atoms with Gasteiger partial charge in [-0.1, -0.05) is 0 Å². The molecule has 0 amide bonds. The van der Waals surface area contributed by atoms with Crippen molar-refractivity contribution in [3.8, 4) is 6.07 Å². The summed E-state index contributed by atoms with van der Waals surface area (Å²) >= 11 is 0. The first kappa shape index (κ1) is 8.87. The lowest BCUT2D eigenvalue weighted by Crippen LogP contribution is -2.06. The number of benzene rings is 1. The van der Waals surface area contributed by atoms with E-state index < -0.39 is 5.97 Å². The smallest absolute Gasteiger partial charge is 0.339 e. The quantitative estimate of drug-likeness (QED) is 0.538. The van der Waals surface area contributed by atoms with Gasteiger partial charge in [-0.2, -0.15) is 5.26 Å². The van der Waals surface area contributed by atoms with Gasteiger partial charge in [-0.25, -0.2) is 4.79 Å². The Morgan fingerprint density at radius 2 is 2.08 bits per heavy atom. The van der Waals surface area contributed by atoms with E-state index in [2.05, 4.69) is 0 Å².